The second-order valence-corrected chi connectivity index (χ2v) is 8.85. The van der Waals surface area contributed by atoms with E-state index in [4.69, 9.17) is 0 Å². The van der Waals surface area contributed by atoms with Gasteiger partial charge < -0.3 is 5.32 Å². The van der Waals surface area contributed by atoms with Crippen LogP contribution < -0.4 is 5.32 Å². The Morgan fingerprint density at radius 2 is 1.59 bits per heavy atom. The first-order chi connectivity index (χ1) is 10.7. The van der Waals surface area contributed by atoms with E-state index in [2.05, 4.69) is 22.0 Å². The minimum atomic E-state index is 0.747. The van der Waals surface area contributed by atoms with Crippen molar-refractivity contribution in [2.24, 2.45) is 11.3 Å². The van der Waals surface area contributed by atoms with Gasteiger partial charge in [0.2, 0.25) is 0 Å². The van der Waals surface area contributed by atoms with E-state index < -0.39 is 0 Å². The molecular formula is C19H35N3. The predicted octanol–water partition coefficient (Wildman–Crippen LogP) is 2.71. The molecule has 0 aromatic rings. The summed E-state index contributed by atoms with van der Waals surface area (Å²) in [5.41, 5.74) is 0.747. The Hall–Kier alpha value is -0.120. The highest BCUT2D eigenvalue weighted by Crippen LogP contribution is 2.46. The molecule has 1 spiro atoms. The van der Waals surface area contributed by atoms with Crippen molar-refractivity contribution < 1.29 is 0 Å². The first-order valence-corrected chi connectivity index (χ1v) is 9.93. The van der Waals surface area contributed by atoms with Gasteiger partial charge in [-0.05, 0) is 69.5 Å². The van der Waals surface area contributed by atoms with E-state index in [1.54, 1.807) is 0 Å². The van der Waals surface area contributed by atoms with E-state index in [0.29, 0.717) is 0 Å². The molecule has 0 amide bonds. The molecule has 3 nitrogen and oxygen atoms in total. The first kappa shape index (κ1) is 15.4. The third-order valence-corrected chi connectivity index (χ3v) is 7.21. The summed E-state index contributed by atoms with van der Waals surface area (Å²) in [5, 5.41) is 3.58. The van der Waals surface area contributed by atoms with Gasteiger partial charge in [-0.1, -0.05) is 19.8 Å². The van der Waals surface area contributed by atoms with Crippen molar-refractivity contribution in [3.05, 3.63) is 0 Å². The largest absolute Gasteiger partial charge is 0.315 e. The highest BCUT2D eigenvalue weighted by atomic mass is 15.3. The molecule has 0 bridgehead atoms. The third-order valence-electron chi connectivity index (χ3n) is 7.21. The lowest BCUT2D eigenvalue weighted by Crippen LogP contribution is -2.62. The molecule has 3 heterocycles. The molecule has 4 rings (SSSR count). The number of piperidine rings is 2. The fourth-order valence-electron chi connectivity index (χ4n) is 5.53. The fraction of sp³-hybridized carbons (Fsp3) is 1.00. The summed E-state index contributed by atoms with van der Waals surface area (Å²) in [6.07, 6.45) is 11.6. The minimum absolute atomic E-state index is 0.747. The monoisotopic (exact) mass is 305 g/mol. The minimum Gasteiger partial charge on any atom is -0.315 e. The smallest absolute Gasteiger partial charge is 0.0221 e. The van der Waals surface area contributed by atoms with Crippen molar-refractivity contribution >= 4 is 0 Å². The zero-order valence-corrected chi connectivity index (χ0v) is 14.5. The van der Waals surface area contributed by atoms with E-state index in [1.165, 1.54) is 90.6 Å². The SMILES string of the molecule is CC1CCC2(CC1)CN(C1CCN(C3CCCNC3)CC1)C2. The van der Waals surface area contributed by atoms with Crippen LogP contribution >= 0.6 is 0 Å². The van der Waals surface area contributed by atoms with Gasteiger partial charge in [-0.15, -0.1) is 0 Å². The van der Waals surface area contributed by atoms with Crippen molar-refractivity contribution in [3.63, 3.8) is 0 Å². The van der Waals surface area contributed by atoms with Crippen LogP contribution in [0.5, 0.6) is 0 Å². The van der Waals surface area contributed by atoms with Crippen LogP contribution in [0.1, 0.15) is 58.3 Å². The molecule has 1 N–H and O–H groups in total. The molecule has 3 heteroatoms. The summed E-state index contributed by atoms with van der Waals surface area (Å²) in [6.45, 7) is 10.5. The maximum absolute atomic E-state index is 3.58. The van der Waals surface area contributed by atoms with Crippen molar-refractivity contribution in [1.82, 2.24) is 15.1 Å². The Morgan fingerprint density at radius 3 is 2.23 bits per heavy atom. The molecule has 0 aromatic carbocycles. The number of nitrogens with one attached hydrogen (secondary N) is 1. The van der Waals surface area contributed by atoms with Crippen molar-refractivity contribution in [2.45, 2.75) is 70.4 Å². The standard InChI is InChI=1S/C19H35N3/c1-16-4-8-19(9-5-16)14-22(15-19)17-6-11-21(12-7-17)18-3-2-10-20-13-18/h16-18,20H,2-15H2,1H3. The molecule has 4 fully saturated rings. The molecule has 22 heavy (non-hydrogen) atoms. The lowest BCUT2D eigenvalue weighted by Gasteiger charge is -2.57. The van der Waals surface area contributed by atoms with Crippen LogP contribution in [0.2, 0.25) is 0 Å². The predicted molar refractivity (Wildman–Crippen MR) is 92.1 cm³/mol. The summed E-state index contributed by atoms with van der Waals surface area (Å²) in [6, 6.07) is 1.73. The third kappa shape index (κ3) is 3.09. The summed E-state index contributed by atoms with van der Waals surface area (Å²) in [4.78, 5) is 5.62. The molecule has 4 aliphatic rings. The van der Waals surface area contributed by atoms with Gasteiger partial charge in [-0.25, -0.2) is 0 Å². The van der Waals surface area contributed by atoms with Crippen LogP contribution in [0.4, 0.5) is 0 Å². The lowest BCUT2D eigenvalue weighted by atomic mass is 9.65. The van der Waals surface area contributed by atoms with Gasteiger partial charge in [0.05, 0.1) is 0 Å². The topological polar surface area (TPSA) is 18.5 Å². The molecule has 3 aliphatic heterocycles. The quantitative estimate of drug-likeness (QED) is 0.846. The normalized spacial score (nSPS) is 35.6. The number of nitrogens with zero attached hydrogens (tertiary/aromatic N) is 2. The summed E-state index contributed by atoms with van der Waals surface area (Å²) in [7, 11) is 0. The molecule has 1 aliphatic carbocycles. The van der Waals surface area contributed by atoms with Gasteiger partial charge in [0, 0.05) is 31.7 Å². The highest BCUT2D eigenvalue weighted by molar-refractivity contribution is 5.00. The molecule has 1 atom stereocenters. The van der Waals surface area contributed by atoms with Crippen molar-refractivity contribution in [1.29, 1.82) is 0 Å². The van der Waals surface area contributed by atoms with Crippen LogP contribution in [0, 0.1) is 11.3 Å². The van der Waals surface area contributed by atoms with Crippen LogP contribution in [-0.4, -0.2) is 61.2 Å². The molecular weight excluding hydrogens is 270 g/mol. The molecule has 1 saturated carbocycles. The molecule has 0 aromatic heterocycles. The van der Waals surface area contributed by atoms with Gasteiger partial charge in [-0.2, -0.15) is 0 Å². The zero-order chi connectivity index (χ0) is 15.0. The first-order valence-electron chi connectivity index (χ1n) is 9.93. The van der Waals surface area contributed by atoms with E-state index in [0.717, 1.165) is 23.4 Å². The van der Waals surface area contributed by atoms with E-state index in [-0.39, 0.29) is 0 Å². The molecule has 3 saturated heterocycles. The van der Waals surface area contributed by atoms with E-state index >= 15 is 0 Å². The Balaban J connectivity index is 1.22. The van der Waals surface area contributed by atoms with E-state index in [1.807, 2.05) is 0 Å². The maximum Gasteiger partial charge on any atom is 0.0221 e. The summed E-state index contributed by atoms with van der Waals surface area (Å²) < 4.78 is 0. The van der Waals surface area contributed by atoms with Gasteiger partial charge in [0.1, 0.15) is 0 Å². The second-order valence-electron chi connectivity index (χ2n) is 8.85. The van der Waals surface area contributed by atoms with Crippen LogP contribution in [0.15, 0.2) is 0 Å². The molecule has 126 valence electrons. The van der Waals surface area contributed by atoms with Crippen LogP contribution in [0.3, 0.4) is 0 Å². The Morgan fingerprint density at radius 1 is 0.864 bits per heavy atom. The fourth-order valence-corrected chi connectivity index (χ4v) is 5.53. The van der Waals surface area contributed by atoms with Gasteiger partial charge in [-0.3, -0.25) is 9.80 Å². The van der Waals surface area contributed by atoms with Crippen molar-refractivity contribution in [2.75, 3.05) is 39.3 Å². The average Bonchev–Trinajstić information content (AvgIpc) is 2.55. The van der Waals surface area contributed by atoms with Crippen LogP contribution in [-0.2, 0) is 0 Å². The summed E-state index contributed by atoms with van der Waals surface area (Å²) in [5.74, 6) is 0.993. The van der Waals surface area contributed by atoms with Gasteiger partial charge in [0.15, 0.2) is 0 Å². The Labute approximate surface area is 136 Å². The molecule has 1 unspecified atom stereocenters. The summed E-state index contributed by atoms with van der Waals surface area (Å²) >= 11 is 0. The highest BCUT2D eigenvalue weighted by Gasteiger charge is 2.46. The number of hydrogen-bond acceptors (Lipinski definition) is 3. The Kier molecular flexibility index (Phi) is 4.49. The lowest BCUT2D eigenvalue weighted by molar-refractivity contribution is -0.0762. The van der Waals surface area contributed by atoms with Gasteiger partial charge in [0.25, 0.3) is 0 Å². The van der Waals surface area contributed by atoms with Crippen LogP contribution in [0.25, 0.3) is 0 Å². The number of hydrogen-bond donors (Lipinski definition) is 1. The number of rotatable bonds is 2. The Bertz CT molecular complexity index is 353. The van der Waals surface area contributed by atoms with Crippen molar-refractivity contribution in [3.8, 4) is 0 Å². The second kappa shape index (κ2) is 6.41. The van der Waals surface area contributed by atoms with E-state index in [9.17, 15) is 0 Å². The zero-order valence-electron chi connectivity index (χ0n) is 14.5. The van der Waals surface area contributed by atoms with Gasteiger partial charge >= 0.3 is 0 Å². The number of likely N-dealkylation sites (tertiary alicyclic amines) is 2. The molecule has 0 radical (unpaired) electrons. The maximum atomic E-state index is 3.58. The average molecular weight is 306 g/mol.